The molecule has 8 heteroatoms. The van der Waals surface area contributed by atoms with E-state index in [4.69, 9.17) is 9.47 Å². The lowest BCUT2D eigenvalue weighted by molar-refractivity contribution is 0.0129. The monoisotopic (exact) mass is 388 g/mol. The first-order valence-corrected chi connectivity index (χ1v) is 8.30. The molecule has 0 saturated carbocycles. The molecular formula is C20H18F2N2O4. The Morgan fingerprint density at radius 3 is 2.21 bits per heavy atom. The molecule has 0 unspecified atom stereocenters. The first-order chi connectivity index (χ1) is 13.2. The highest BCUT2D eigenvalue weighted by molar-refractivity contribution is 5.97. The number of aldehydes is 1. The Hall–Kier alpha value is -3.29. The van der Waals surface area contributed by atoms with Gasteiger partial charge in [0.1, 0.15) is 17.2 Å². The quantitative estimate of drug-likeness (QED) is 0.626. The number of benzene rings is 1. The van der Waals surface area contributed by atoms with Crippen molar-refractivity contribution in [2.45, 2.75) is 12.8 Å². The highest BCUT2D eigenvalue weighted by atomic mass is 19.3. The summed E-state index contributed by atoms with van der Waals surface area (Å²) < 4.78 is 39.5. The van der Waals surface area contributed by atoms with Crippen molar-refractivity contribution >= 4 is 17.1 Å². The third-order valence-corrected chi connectivity index (χ3v) is 4.49. The third-order valence-electron chi connectivity index (χ3n) is 4.49. The molecule has 1 aromatic carbocycles. The summed E-state index contributed by atoms with van der Waals surface area (Å²) >= 11 is 0. The van der Waals surface area contributed by atoms with E-state index in [-0.39, 0.29) is 28.0 Å². The van der Waals surface area contributed by atoms with E-state index in [0.717, 1.165) is 13.1 Å². The summed E-state index contributed by atoms with van der Waals surface area (Å²) in [7, 11) is 4.37. The molecule has 0 radical (unpaired) electrons. The number of nitrogens with zero attached hydrogens (tertiary/aromatic N) is 2. The number of methoxy groups -OCH3 is 2. The number of carbonyl (C=O) groups excluding carboxylic acids is 1. The van der Waals surface area contributed by atoms with Crippen molar-refractivity contribution in [3.8, 4) is 22.6 Å². The number of aryl methyl sites for hydroxylation is 1. The van der Waals surface area contributed by atoms with E-state index >= 15 is 0 Å². The fourth-order valence-electron chi connectivity index (χ4n) is 3.04. The van der Waals surface area contributed by atoms with Crippen LogP contribution in [0.5, 0.6) is 11.5 Å². The molecule has 0 aliphatic heterocycles. The van der Waals surface area contributed by atoms with Crippen molar-refractivity contribution in [3.05, 3.63) is 52.2 Å². The molecule has 2 heterocycles. The van der Waals surface area contributed by atoms with Gasteiger partial charge in [-0.15, -0.1) is 0 Å². The Labute approximate surface area is 159 Å². The lowest BCUT2D eigenvalue weighted by Gasteiger charge is -2.16. The standard InChI is InChI=1S/C20H18F2N2O4/c1-20(21,22)18-7-12-13(8-23-18)19(26)24(2)9-14(12)11-5-16(27-3)15(10-25)17(6-11)28-4/h5-10H,1-4H3. The van der Waals surface area contributed by atoms with E-state index in [1.807, 2.05) is 0 Å². The molecule has 3 rings (SSSR count). The molecule has 0 bridgehead atoms. The fraction of sp³-hybridized carbons (Fsp3) is 0.250. The third kappa shape index (κ3) is 3.21. The second-order valence-corrected chi connectivity index (χ2v) is 6.37. The van der Waals surface area contributed by atoms with Gasteiger partial charge < -0.3 is 14.0 Å². The molecule has 2 aromatic heterocycles. The van der Waals surface area contributed by atoms with Crippen LogP contribution >= 0.6 is 0 Å². The van der Waals surface area contributed by atoms with Crippen LogP contribution < -0.4 is 15.0 Å². The van der Waals surface area contributed by atoms with Gasteiger partial charge in [0.2, 0.25) is 0 Å². The van der Waals surface area contributed by atoms with Crippen molar-refractivity contribution in [2.24, 2.45) is 7.05 Å². The number of hydrogen-bond donors (Lipinski definition) is 0. The van der Waals surface area contributed by atoms with Crippen molar-refractivity contribution < 1.29 is 23.0 Å². The second kappa shape index (κ2) is 7.03. The lowest BCUT2D eigenvalue weighted by Crippen LogP contribution is -2.18. The molecule has 0 atom stereocenters. The van der Waals surface area contributed by atoms with Gasteiger partial charge in [-0.3, -0.25) is 14.6 Å². The number of alkyl halides is 2. The van der Waals surface area contributed by atoms with Crippen molar-refractivity contribution in [1.82, 2.24) is 9.55 Å². The van der Waals surface area contributed by atoms with E-state index in [2.05, 4.69) is 4.98 Å². The number of aromatic nitrogens is 2. The van der Waals surface area contributed by atoms with Gasteiger partial charge >= 0.3 is 0 Å². The van der Waals surface area contributed by atoms with Crippen LogP contribution in [-0.4, -0.2) is 30.1 Å². The topological polar surface area (TPSA) is 70.4 Å². The lowest BCUT2D eigenvalue weighted by atomic mass is 9.98. The first-order valence-electron chi connectivity index (χ1n) is 8.30. The SMILES string of the molecule is COc1cc(-c2cn(C)c(=O)c3cnc(C(C)(F)F)cc23)cc(OC)c1C=O. The van der Waals surface area contributed by atoms with Gasteiger partial charge in [0, 0.05) is 37.3 Å². The molecule has 146 valence electrons. The molecule has 3 aromatic rings. The maximum absolute atomic E-state index is 13.8. The van der Waals surface area contributed by atoms with E-state index in [1.54, 1.807) is 19.2 Å². The van der Waals surface area contributed by atoms with Crippen LogP contribution in [0.4, 0.5) is 8.78 Å². The van der Waals surface area contributed by atoms with E-state index in [0.29, 0.717) is 22.8 Å². The van der Waals surface area contributed by atoms with Gasteiger partial charge in [-0.2, -0.15) is 8.78 Å². The number of hydrogen-bond acceptors (Lipinski definition) is 5. The van der Waals surface area contributed by atoms with E-state index in [1.165, 1.54) is 31.0 Å². The van der Waals surface area contributed by atoms with Gasteiger partial charge in [0.25, 0.3) is 11.5 Å². The number of halogens is 2. The number of fused-ring (bicyclic) bond motifs is 1. The molecule has 0 saturated heterocycles. The summed E-state index contributed by atoms with van der Waals surface area (Å²) in [6.07, 6.45) is 3.30. The van der Waals surface area contributed by atoms with Crippen LogP contribution in [0.2, 0.25) is 0 Å². The minimum atomic E-state index is -3.16. The zero-order valence-corrected chi connectivity index (χ0v) is 15.7. The highest BCUT2D eigenvalue weighted by Crippen LogP contribution is 2.37. The van der Waals surface area contributed by atoms with Crippen LogP contribution in [0.3, 0.4) is 0 Å². The normalized spacial score (nSPS) is 11.5. The molecule has 0 spiro atoms. The summed E-state index contributed by atoms with van der Waals surface area (Å²) in [6.45, 7) is 0.743. The molecule has 0 fully saturated rings. The van der Waals surface area contributed by atoms with Crippen LogP contribution in [0.15, 0.2) is 35.4 Å². The van der Waals surface area contributed by atoms with Gasteiger partial charge in [0.05, 0.1) is 25.2 Å². The summed E-state index contributed by atoms with van der Waals surface area (Å²) in [6, 6.07) is 4.39. The van der Waals surface area contributed by atoms with Gasteiger partial charge in [-0.05, 0) is 23.8 Å². The molecule has 0 amide bonds. The van der Waals surface area contributed by atoms with Crippen LogP contribution in [-0.2, 0) is 13.0 Å². The second-order valence-electron chi connectivity index (χ2n) is 6.37. The molecule has 0 N–H and O–H groups in total. The maximum atomic E-state index is 13.8. The maximum Gasteiger partial charge on any atom is 0.286 e. The Morgan fingerprint density at radius 2 is 1.71 bits per heavy atom. The molecular weight excluding hydrogens is 370 g/mol. The smallest absolute Gasteiger partial charge is 0.286 e. The Morgan fingerprint density at radius 1 is 1.11 bits per heavy atom. The van der Waals surface area contributed by atoms with Gasteiger partial charge in [0.15, 0.2) is 6.29 Å². The first kappa shape index (κ1) is 19.5. The average molecular weight is 388 g/mol. The van der Waals surface area contributed by atoms with Crippen molar-refractivity contribution in [3.63, 3.8) is 0 Å². The summed E-state index contributed by atoms with van der Waals surface area (Å²) in [5.41, 5.74) is 0.458. The molecule has 0 aliphatic carbocycles. The van der Waals surface area contributed by atoms with Crippen molar-refractivity contribution in [1.29, 1.82) is 0 Å². The average Bonchev–Trinajstić information content (AvgIpc) is 2.68. The van der Waals surface area contributed by atoms with Crippen LogP contribution in [0, 0.1) is 0 Å². The Kier molecular flexibility index (Phi) is 4.89. The van der Waals surface area contributed by atoms with Gasteiger partial charge in [-0.1, -0.05) is 0 Å². The van der Waals surface area contributed by atoms with Crippen LogP contribution in [0.25, 0.3) is 21.9 Å². The zero-order valence-electron chi connectivity index (χ0n) is 15.7. The van der Waals surface area contributed by atoms with E-state index < -0.39 is 11.6 Å². The molecule has 28 heavy (non-hydrogen) atoms. The largest absolute Gasteiger partial charge is 0.496 e. The Balaban J connectivity index is 2.41. The van der Waals surface area contributed by atoms with E-state index in [9.17, 15) is 18.4 Å². The molecule has 6 nitrogen and oxygen atoms in total. The number of ether oxygens (including phenoxy) is 2. The molecule has 0 aliphatic rings. The Bertz CT molecular complexity index is 1110. The fourth-order valence-corrected chi connectivity index (χ4v) is 3.04. The minimum absolute atomic E-state index is 0.199. The predicted octanol–water partition coefficient (Wildman–Crippen LogP) is 3.54. The highest BCUT2D eigenvalue weighted by Gasteiger charge is 2.27. The summed E-state index contributed by atoms with van der Waals surface area (Å²) in [4.78, 5) is 27.6. The number of carbonyl (C=O) groups is 1. The zero-order chi connectivity index (χ0) is 20.6. The van der Waals surface area contributed by atoms with Crippen LogP contribution in [0.1, 0.15) is 23.0 Å². The van der Waals surface area contributed by atoms with Gasteiger partial charge in [-0.25, -0.2) is 0 Å². The number of pyridine rings is 2. The summed E-state index contributed by atoms with van der Waals surface area (Å²) in [5.74, 6) is -2.63. The minimum Gasteiger partial charge on any atom is -0.496 e. The van der Waals surface area contributed by atoms with Crippen molar-refractivity contribution in [2.75, 3.05) is 14.2 Å². The summed E-state index contributed by atoms with van der Waals surface area (Å²) in [5, 5.41) is 0.517. The predicted molar refractivity (Wildman–Crippen MR) is 100 cm³/mol. The number of rotatable bonds is 5.